The number of nitrogens with zero attached hydrogens (tertiary/aromatic N) is 2. The molecule has 1 aromatic rings. The Bertz CT molecular complexity index is 799. The zero-order valence-electron chi connectivity index (χ0n) is 17.0. The fraction of sp³-hybridized carbons (Fsp3) is 0.500. The molecule has 150 valence electrons. The number of esters is 1. The van der Waals surface area contributed by atoms with Gasteiger partial charge in [-0.2, -0.15) is 5.26 Å². The minimum Gasteiger partial charge on any atom is -0.465 e. The topological polar surface area (TPSA) is 90.6 Å². The second-order valence-electron chi connectivity index (χ2n) is 8.32. The molecule has 28 heavy (non-hydrogen) atoms. The van der Waals surface area contributed by atoms with E-state index in [9.17, 15) is 14.9 Å². The molecule has 0 saturated carbocycles. The maximum atomic E-state index is 12.0. The Morgan fingerprint density at radius 1 is 1.21 bits per heavy atom. The summed E-state index contributed by atoms with van der Waals surface area (Å²) in [5.74, 6) is -0.305. The molecule has 1 aliphatic heterocycles. The van der Waals surface area contributed by atoms with E-state index in [0.717, 1.165) is 16.7 Å². The van der Waals surface area contributed by atoms with E-state index < -0.39 is 17.1 Å². The summed E-state index contributed by atoms with van der Waals surface area (Å²) < 4.78 is 5.34. The van der Waals surface area contributed by atoms with Crippen molar-refractivity contribution in [2.24, 2.45) is 0 Å². The minimum absolute atomic E-state index is 0.180. The van der Waals surface area contributed by atoms with Crippen molar-refractivity contribution in [2.45, 2.75) is 58.0 Å². The van der Waals surface area contributed by atoms with E-state index in [-0.39, 0.29) is 12.4 Å². The fourth-order valence-electron chi connectivity index (χ4n) is 3.17. The van der Waals surface area contributed by atoms with Gasteiger partial charge in [-0.1, -0.05) is 30.3 Å². The van der Waals surface area contributed by atoms with E-state index in [0.29, 0.717) is 25.9 Å². The van der Waals surface area contributed by atoms with Crippen molar-refractivity contribution in [3.8, 4) is 6.07 Å². The summed E-state index contributed by atoms with van der Waals surface area (Å²) >= 11 is 0. The van der Waals surface area contributed by atoms with Crippen LogP contribution in [0, 0.1) is 11.3 Å². The molecule has 0 spiro atoms. The van der Waals surface area contributed by atoms with E-state index in [4.69, 9.17) is 9.84 Å². The average molecular weight is 384 g/mol. The molecule has 2 rings (SSSR count). The van der Waals surface area contributed by atoms with Crippen molar-refractivity contribution in [1.29, 1.82) is 5.26 Å². The zero-order valence-corrected chi connectivity index (χ0v) is 17.0. The molecule has 6 heteroatoms. The minimum atomic E-state index is -0.902. The van der Waals surface area contributed by atoms with Crippen LogP contribution in [0.5, 0.6) is 0 Å². The van der Waals surface area contributed by atoms with Crippen LogP contribution in [0.3, 0.4) is 0 Å². The highest BCUT2D eigenvalue weighted by Crippen LogP contribution is 2.31. The average Bonchev–Trinajstić information content (AvgIpc) is 2.65. The van der Waals surface area contributed by atoms with Crippen molar-refractivity contribution < 1.29 is 19.4 Å². The highest BCUT2D eigenvalue weighted by atomic mass is 16.6. The third-order valence-corrected chi connectivity index (χ3v) is 4.87. The van der Waals surface area contributed by atoms with Crippen molar-refractivity contribution in [2.75, 3.05) is 13.1 Å². The molecule has 1 atom stereocenters. The molecule has 0 saturated heterocycles. The highest BCUT2D eigenvalue weighted by molar-refractivity contribution is 5.72. The van der Waals surface area contributed by atoms with Crippen LogP contribution in [-0.4, -0.2) is 40.8 Å². The SMILES string of the molecule is CC(C)(C)OC(=O)CC[C@@](C)(C#N)c1ccc(C2=CCN(C(=O)O)CC2)cc1. The molecular weight excluding hydrogens is 356 g/mol. The molecule has 0 radical (unpaired) electrons. The van der Waals surface area contributed by atoms with Crippen LogP contribution < -0.4 is 0 Å². The maximum absolute atomic E-state index is 12.0. The number of nitriles is 1. The largest absolute Gasteiger partial charge is 0.465 e. The first-order chi connectivity index (χ1) is 13.0. The third kappa shape index (κ3) is 5.59. The summed E-state index contributed by atoms with van der Waals surface area (Å²) in [5, 5.41) is 18.7. The number of rotatable bonds is 5. The molecule has 0 fully saturated rings. The Kier molecular flexibility index (Phi) is 6.50. The van der Waals surface area contributed by atoms with Gasteiger partial charge >= 0.3 is 12.1 Å². The van der Waals surface area contributed by atoms with Gasteiger partial charge in [0.25, 0.3) is 0 Å². The predicted octanol–water partition coefficient (Wildman–Crippen LogP) is 4.36. The monoisotopic (exact) mass is 384 g/mol. The van der Waals surface area contributed by atoms with Crippen molar-refractivity contribution in [1.82, 2.24) is 4.90 Å². The van der Waals surface area contributed by atoms with E-state index in [1.807, 2.05) is 58.0 Å². The number of carbonyl (C=O) groups is 2. The van der Waals surface area contributed by atoms with Gasteiger partial charge in [-0.25, -0.2) is 4.79 Å². The number of hydrogen-bond acceptors (Lipinski definition) is 4. The Hall–Kier alpha value is -2.81. The number of amides is 1. The Morgan fingerprint density at radius 2 is 1.86 bits per heavy atom. The summed E-state index contributed by atoms with van der Waals surface area (Å²) in [4.78, 5) is 24.4. The van der Waals surface area contributed by atoms with Crippen molar-refractivity contribution in [3.05, 3.63) is 41.5 Å². The molecule has 0 unspecified atom stereocenters. The van der Waals surface area contributed by atoms with Gasteiger partial charge in [0.15, 0.2) is 0 Å². The van der Waals surface area contributed by atoms with Gasteiger partial charge < -0.3 is 14.7 Å². The Morgan fingerprint density at radius 3 is 2.32 bits per heavy atom. The van der Waals surface area contributed by atoms with Gasteiger partial charge in [0.05, 0.1) is 11.5 Å². The zero-order chi connectivity index (χ0) is 20.9. The van der Waals surface area contributed by atoms with E-state index >= 15 is 0 Å². The summed E-state index contributed by atoms with van der Waals surface area (Å²) in [6.45, 7) is 8.16. The third-order valence-electron chi connectivity index (χ3n) is 4.87. The van der Waals surface area contributed by atoms with Gasteiger partial charge in [0.1, 0.15) is 5.60 Å². The van der Waals surface area contributed by atoms with Gasteiger partial charge in [-0.15, -0.1) is 0 Å². The van der Waals surface area contributed by atoms with E-state index in [1.165, 1.54) is 4.90 Å². The summed E-state index contributed by atoms with van der Waals surface area (Å²) in [5.41, 5.74) is 1.67. The number of ether oxygens (including phenoxy) is 1. The quantitative estimate of drug-likeness (QED) is 0.762. The molecule has 0 aromatic heterocycles. The van der Waals surface area contributed by atoms with Crippen LogP contribution in [0.2, 0.25) is 0 Å². The first-order valence-electron chi connectivity index (χ1n) is 9.45. The molecule has 1 heterocycles. The summed E-state index contributed by atoms with van der Waals surface area (Å²) in [7, 11) is 0. The second kappa shape index (κ2) is 8.47. The summed E-state index contributed by atoms with van der Waals surface area (Å²) in [6, 6.07) is 10.1. The molecule has 1 N–H and O–H groups in total. The molecule has 1 aliphatic rings. The van der Waals surface area contributed by atoms with Crippen LogP contribution in [-0.2, 0) is 14.9 Å². The van der Waals surface area contributed by atoms with Crippen LogP contribution in [0.15, 0.2) is 30.3 Å². The predicted molar refractivity (Wildman–Crippen MR) is 107 cm³/mol. The molecular formula is C22H28N2O4. The lowest BCUT2D eigenvalue weighted by atomic mass is 9.79. The highest BCUT2D eigenvalue weighted by Gasteiger charge is 2.29. The smallest absolute Gasteiger partial charge is 0.407 e. The lowest BCUT2D eigenvalue weighted by Gasteiger charge is -2.25. The standard InChI is InChI=1S/C22H28N2O4/c1-21(2,3)28-19(25)9-12-22(4,15-23)18-7-5-16(6-8-18)17-10-13-24(14-11-17)20(26)27/h5-8,10H,9,11-14H2,1-4H3,(H,26,27)/t22-/m0/s1. The molecule has 0 bridgehead atoms. The molecule has 1 amide bonds. The lowest BCUT2D eigenvalue weighted by molar-refractivity contribution is -0.155. The molecule has 1 aromatic carbocycles. The molecule has 6 nitrogen and oxygen atoms in total. The molecule has 0 aliphatic carbocycles. The van der Waals surface area contributed by atoms with Gasteiger partial charge in [-0.05, 0) is 57.2 Å². The maximum Gasteiger partial charge on any atom is 0.407 e. The van der Waals surface area contributed by atoms with Crippen LogP contribution in [0.4, 0.5) is 4.79 Å². The van der Waals surface area contributed by atoms with Crippen LogP contribution >= 0.6 is 0 Å². The summed E-state index contributed by atoms with van der Waals surface area (Å²) in [6.07, 6.45) is 2.26. The van der Waals surface area contributed by atoms with E-state index in [2.05, 4.69) is 6.07 Å². The fourth-order valence-corrected chi connectivity index (χ4v) is 3.17. The Labute approximate surface area is 166 Å². The van der Waals surface area contributed by atoms with Crippen LogP contribution in [0.25, 0.3) is 5.57 Å². The normalized spacial score (nSPS) is 16.5. The number of hydrogen-bond donors (Lipinski definition) is 1. The number of benzene rings is 1. The lowest BCUT2D eigenvalue weighted by Crippen LogP contribution is -2.33. The van der Waals surface area contributed by atoms with Crippen molar-refractivity contribution >= 4 is 17.6 Å². The number of carbonyl (C=O) groups excluding carboxylic acids is 1. The number of carboxylic acid groups (broad SMARTS) is 1. The van der Waals surface area contributed by atoms with Gasteiger partial charge in [-0.3, -0.25) is 4.79 Å². The Balaban J connectivity index is 2.07. The van der Waals surface area contributed by atoms with Crippen molar-refractivity contribution in [3.63, 3.8) is 0 Å². The first kappa shape index (κ1) is 21.5. The van der Waals surface area contributed by atoms with Crippen LogP contribution in [0.1, 0.15) is 58.1 Å². The van der Waals surface area contributed by atoms with E-state index in [1.54, 1.807) is 0 Å². The van der Waals surface area contributed by atoms with Gasteiger partial charge in [0.2, 0.25) is 0 Å². The van der Waals surface area contributed by atoms with Gasteiger partial charge in [0, 0.05) is 19.5 Å². The second-order valence-corrected chi connectivity index (χ2v) is 8.32. The first-order valence-corrected chi connectivity index (χ1v) is 9.45.